The van der Waals surface area contributed by atoms with E-state index in [0.29, 0.717) is 5.92 Å². The largest absolute Gasteiger partial charge is 0.493 e. The summed E-state index contributed by atoms with van der Waals surface area (Å²) in [5.41, 5.74) is 3.26. The summed E-state index contributed by atoms with van der Waals surface area (Å²) < 4.78 is 6.19. The molecule has 0 radical (unpaired) electrons. The number of nitrogens with one attached hydrogen (secondary N) is 2. The molecule has 1 saturated heterocycles. The standard InChI is InChI=1S/C30H35ClN6O/c31-30-35-28-21-26(8-9-27(28)29(36-30)34-14-4-7-23-5-2-1-3-6-23)38-22-24-12-18-37(19-13-24)20-17-33-25-10-15-32-16-11-25/h1-3,5-6,8-11,15-16,21,24H,4,7,12-14,17-20,22H2,(H,32,33)(H,34,35,36). The van der Waals surface area contributed by atoms with Crippen molar-refractivity contribution in [2.75, 3.05) is 50.0 Å². The Morgan fingerprint density at radius 3 is 2.55 bits per heavy atom. The van der Waals surface area contributed by atoms with Gasteiger partial charge in [-0.3, -0.25) is 4.98 Å². The zero-order chi connectivity index (χ0) is 26.0. The van der Waals surface area contributed by atoms with Crippen molar-refractivity contribution in [1.82, 2.24) is 19.9 Å². The van der Waals surface area contributed by atoms with Gasteiger partial charge in [-0.05, 0) is 86.1 Å². The maximum Gasteiger partial charge on any atom is 0.224 e. The summed E-state index contributed by atoms with van der Waals surface area (Å²) in [5, 5.41) is 8.10. The predicted molar refractivity (Wildman–Crippen MR) is 155 cm³/mol. The summed E-state index contributed by atoms with van der Waals surface area (Å²) in [6.45, 7) is 5.73. The smallest absolute Gasteiger partial charge is 0.224 e. The maximum atomic E-state index is 6.25. The number of aryl methyl sites for hydroxylation is 1. The van der Waals surface area contributed by atoms with E-state index in [9.17, 15) is 0 Å². The molecular formula is C30H35ClN6O. The van der Waals surface area contributed by atoms with Gasteiger partial charge in [0.2, 0.25) is 5.28 Å². The third-order valence-electron chi connectivity index (χ3n) is 7.05. The molecule has 2 aromatic heterocycles. The van der Waals surface area contributed by atoms with Crippen LogP contribution in [0.1, 0.15) is 24.8 Å². The number of likely N-dealkylation sites (tertiary alicyclic amines) is 1. The van der Waals surface area contributed by atoms with Crippen LogP contribution >= 0.6 is 11.6 Å². The van der Waals surface area contributed by atoms with Gasteiger partial charge in [0.15, 0.2) is 0 Å². The fourth-order valence-corrected chi connectivity index (χ4v) is 5.04. The van der Waals surface area contributed by atoms with Gasteiger partial charge in [0.25, 0.3) is 0 Å². The van der Waals surface area contributed by atoms with Gasteiger partial charge in [-0.1, -0.05) is 30.3 Å². The Labute approximate surface area is 229 Å². The second-order valence-corrected chi connectivity index (χ2v) is 10.1. The molecule has 0 amide bonds. The van der Waals surface area contributed by atoms with E-state index in [-0.39, 0.29) is 5.28 Å². The second kappa shape index (κ2) is 13.4. The normalized spacial score (nSPS) is 14.4. The van der Waals surface area contributed by atoms with Crippen LogP contribution in [0.3, 0.4) is 0 Å². The lowest BCUT2D eigenvalue weighted by Crippen LogP contribution is -2.38. The first-order chi connectivity index (χ1) is 18.7. The highest BCUT2D eigenvalue weighted by molar-refractivity contribution is 6.28. The minimum absolute atomic E-state index is 0.242. The van der Waals surface area contributed by atoms with E-state index in [1.807, 2.05) is 48.8 Å². The van der Waals surface area contributed by atoms with Crippen LogP contribution in [0.4, 0.5) is 11.5 Å². The Hall–Kier alpha value is -3.42. The molecule has 3 heterocycles. The summed E-state index contributed by atoms with van der Waals surface area (Å²) in [4.78, 5) is 15.5. The van der Waals surface area contributed by atoms with Crippen LogP contribution in [0.5, 0.6) is 5.75 Å². The first-order valence-electron chi connectivity index (χ1n) is 13.5. The van der Waals surface area contributed by atoms with Gasteiger partial charge in [0.1, 0.15) is 11.6 Å². The summed E-state index contributed by atoms with van der Waals surface area (Å²) in [5.74, 6) is 2.16. The van der Waals surface area contributed by atoms with Crippen molar-refractivity contribution >= 4 is 34.0 Å². The third-order valence-corrected chi connectivity index (χ3v) is 7.22. The molecule has 0 unspecified atom stereocenters. The van der Waals surface area contributed by atoms with E-state index >= 15 is 0 Å². The van der Waals surface area contributed by atoms with Gasteiger partial charge in [-0.2, -0.15) is 0 Å². The van der Waals surface area contributed by atoms with Crippen LogP contribution in [0, 0.1) is 5.92 Å². The molecule has 0 spiro atoms. The number of hydrogen-bond acceptors (Lipinski definition) is 7. The van der Waals surface area contributed by atoms with E-state index in [0.717, 1.165) is 93.2 Å². The van der Waals surface area contributed by atoms with Crippen LogP contribution in [-0.2, 0) is 6.42 Å². The number of benzene rings is 2. The van der Waals surface area contributed by atoms with Crippen molar-refractivity contribution in [2.24, 2.45) is 5.92 Å². The maximum absolute atomic E-state index is 6.25. The Kier molecular flexibility index (Phi) is 9.24. The first kappa shape index (κ1) is 26.2. The lowest BCUT2D eigenvalue weighted by molar-refractivity contribution is 0.145. The van der Waals surface area contributed by atoms with E-state index in [4.69, 9.17) is 16.3 Å². The number of pyridine rings is 1. The van der Waals surface area contributed by atoms with Gasteiger partial charge in [0, 0.05) is 49.2 Å². The average molecular weight is 531 g/mol. The fourth-order valence-electron chi connectivity index (χ4n) is 4.87. The molecule has 5 rings (SSSR count). The Morgan fingerprint density at radius 2 is 1.74 bits per heavy atom. The van der Waals surface area contributed by atoms with Crippen LogP contribution in [0.25, 0.3) is 10.9 Å². The Bertz CT molecular complexity index is 1280. The van der Waals surface area contributed by atoms with Crippen LogP contribution in [-0.4, -0.2) is 59.2 Å². The number of anilines is 2. The molecule has 8 heteroatoms. The van der Waals surface area contributed by atoms with Crippen LogP contribution < -0.4 is 15.4 Å². The number of aromatic nitrogens is 3. The molecule has 38 heavy (non-hydrogen) atoms. The van der Waals surface area contributed by atoms with Gasteiger partial charge in [0.05, 0.1) is 12.1 Å². The molecule has 0 atom stereocenters. The number of halogens is 1. The molecule has 2 N–H and O–H groups in total. The van der Waals surface area contributed by atoms with Crippen molar-refractivity contribution in [2.45, 2.75) is 25.7 Å². The topological polar surface area (TPSA) is 75.2 Å². The van der Waals surface area contributed by atoms with Crippen LogP contribution in [0.15, 0.2) is 73.1 Å². The molecule has 0 bridgehead atoms. The third kappa shape index (κ3) is 7.55. The number of piperidine rings is 1. The summed E-state index contributed by atoms with van der Waals surface area (Å²) in [7, 11) is 0. The zero-order valence-corrected chi connectivity index (χ0v) is 22.4. The molecule has 0 aliphatic carbocycles. The summed E-state index contributed by atoms with van der Waals surface area (Å²) in [6, 6.07) is 20.5. The van der Waals surface area contributed by atoms with Crippen molar-refractivity contribution in [3.8, 4) is 5.75 Å². The van der Waals surface area contributed by atoms with Gasteiger partial charge in [-0.25, -0.2) is 9.97 Å². The number of hydrogen-bond donors (Lipinski definition) is 2. The van der Waals surface area contributed by atoms with E-state index < -0.39 is 0 Å². The zero-order valence-electron chi connectivity index (χ0n) is 21.7. The predicted octanol–water partition coefficient (Wildman–Crippen LogP) is 5.93. The summed E-state index contributed by atoms with van der Waals surface area (Å²) >= 11 is 6.25. The molecule has 1 aliphatic rings. The Balaban J connectivity index is 1.07. The molecule has 1 aliphatic heterocycles. The molecule has 198 valence electrons. The molecule has 4 aromatic rings. The fraction of sp³-hybridized carbons (Fsp3) is 0.367. The number of nitrogens with zero attached hydrogens (tertiary/aromatic N) is 4. The minimum atomic E-state index is 0.242. The van der Waals surface area contributed by atoms with Gasteiger partial charge >= 0.3 is 0 Å². The minimum Gasteiger partial charge on any atom is -0.493 e. The number of rotatable bonds is 12. The lowest BCUT2D eigenvalue weighted by atomic mass is 9.98. The number of ether oxygens (including phenoxy) is 1. The summed E-state index contributed by atoms with van der Waals surface area (Å²) in [6.07, 6.45) is 7.95. The quantitative estimate of drug-likeness (QED) is 0.174. The molecule has 1 fully saturated rings. The van der Waals surface area contributed by atoms with E-state index in [1.165, 1.54) is 5.56 Å². The first-order valence-corrected chi connectivity index (χ1v) is 13.8. The van der Waals surface area contributed by atoms with Gasteiger partial charge < -0.3 is 20.3 Å². The second-order valence-electron chi connectivity index (χ2n) is 9.79. The lowest BCUT2D eigenvalue weighted by Gasteiger charge is -2.31. The average Bonchev–Trinajstić information content (AvgIpc) is 2.95. The monoisotopic (exact) mass is 530 g/mol. The van der Waals surface area contributed by atoms with Crippen LogP contribution in [0.2, 0.25) is 5.28 Å². The highest BCUT2D eigenvalue weighted by Gasteiger charge is 2.19. The Morgan fingerprint density at radius 1 is 0.921 bits per heavy atom. The molecule has 7 nitrogen and oxygen atoms in total. The SMILES string of the molecule is Clc1nc(NCCCc2ccccc2)c2ccc(OCC3CCN(CCNc4ccncc4)CC3)cc2n1. The van der Waals surface area contributed by atoms with Gasteiger partial charge in [-0.15, -0.1) is 0 Å². The van der Waals surface area contributed by atoms with Crippen molar-refractivity contribution < 1.29 is 4.74 Å². The van der Waals surface area contributed by atoms with Crippen molar-refractivity contribution in [1.29, 1.82) is 0 Å². The van der Waals surface area contributed by atoms with Crippen molar-refractivity contribution in [3.63, 3.8) is 0 Å². The highest BCUT2D eigenvalue weighted by Crippen LogP contribution is 2.27. The van der Waals surface area contributed by atoms with E-state index in [2.05, 4.69) is 54.8 Å². The molecular weight excluding hydrogens is 496 g/mol. The van der Waals surface area contributed by atoms with Crippen molar-refractivity contribution in [3.05, 3.63) is 83.9 Å². The number of fused-ring (bicyclic) bond motifs is 1. The molecule has 2 aromatic carbocycles. The van der Waals surface area contributed by atoms with E-state index in [1.54, 1.807) is 0 Å². The molecule has 0 saturated carbocycles. The highest BCUT2D eigenvalue weighted by atomic mass is 35.5.